The van der Waals surface area contributed by atoms with Crippen molar-refractivity contribution in [3.05, 3.63) is 42.4 Å². The molecule has 0 atom stereocenters. The van der Waals surface area contributed by atoms with E-state index in [-0.39, 0.29) is 5.97 Å². The molecule has 0 bridgehead atoms. The first kappa shape index (κ1) is 21.1. The second-order valence-electron chi connectivity index (χ2n) is 7.01. The van der Waals surface area contributed by atoms with E-state index in [9.17, 15) is 4.79 Å². The van der Waals surface area contributed by atoms with Crippen molar-refractivity contribution < 1.29 is 9.53 Å². The fourth-order valence-electron chi connectivity index (χ4n) is 2.94. The van der Waals surface area contributed by atoms with Crippen LogP contribution in [0.5, 0.6) is 5.75 Å². The van der Waals surface area contributed by atoms with Gasteiger partial charge in [-0.05, 0) is 43.5 Å². The van der Waals surface area contributed by atoms with Crippen LogP contribution in [0.1, 0.15) is 77.3 Å². The normalized spacial score (nSPS) is 10.7. The molecule has 1 aromatic heterocycles. The number of esters is 1. The minimum atomic E-state index is -0.161. The summed E-state index contributed by atoms with van der Waals surface area (Å²) in [4.78, 5) is 20.9. The van der Waals surface area contributed by atoms with E-state index in [4.69, 9.17) is 4.74 Å². The first-order chi connectivity index (χ1) is 13.2. The summed E-state index contributed by atoms with van der Waals surface area (Å²) in [5.74, 6) is 0.422. The van der Waals surface area contributed by atoms with Crippen molar-refractivity contribution in [2.45, 2.75) is 78.1 Å². The van der Waals surface area contributed by atoms with Crippen LogP contribution in [0.25, 0.3) is 11.3 Å². The van der Waals surface area contributed by atoms with Crippen LogP contribution < -0.4 is 4.74 Å². The number of carbonyl (C=O) groups excluding carboxylic acids is 1. The molecule has 0 aliphatic rings. The Morgan fingerprint density at radius 3 is 2.19 bits per heavy atom. The van der Waals surface area contributed by atoms with Crippen LogP contribution >= 0.6 is 0 Å². The number of benzene rings is 1. The molecule has 1 aromatic carbocycles. The predicted molar refractivity (Wildman–Crippen MR) is 110 cm³/mol. The third-order valence-corrected chi connectivity index (χ3v) is 4.61. The van der Waals surface area contributed by atoms with Crippen molar-refractivity contribution in [2.24, 2.45) is 0 Å². The maximum absolute atomic E-state index is 11.9. The highest BCUT2D eigenvalue weighted by Gasteiger charge is 2.06. The molecule has 0 saturated heterocycles. The van der Waals surface area contributed by atoms with Gasteiger partial charge in [0.1, 0.15) is 5.75 Å². The van der Waals surface area contributed by atoms with Crippen LogP contribution in [-0.2, 0) is 11.2 Å². The summed E-state index contributed by atoms with van der Waals surface area (Å²) in [5, 5.41) is 0. The Kier molecular flexibility index (Phi) is 9.53. The molecule has 0 unspecified atom stereocenters. The highest BCUT2D eigenvalue weighted by atomic mass is 16.5. The summed E-state index contributed by atoms with van der Waals surface area (Å²) in [7, 11) is 0. The molecule has 146 valence electrons. The molecule has 0 spiro atoms. The number of hydrogen-bond acceptors (Lipinski definition) is 4. The smallest absolute Gasteiger partial charge is 0.311 e. The summed E-state index contributed by atoms with van der Waals surface area (Å²) < 4.78 is 5.39. The molecule has 27 heavy (non-hydrogen) atoms. The lowest BCUT2D eigenvalue weighted by molar-refractivity contribution is -0.134. The van der Waals surface area contributed by atoms with Crippen LogP contribution in [0.2, 0.25) is 0 Å². The summed E-state index contributed by atoms with van der Waals surface area (Å²) in [5.41, 5.74) is 2.86. The number of aromatic nitrogens is 2. The van der Waals surface area contributed by atoms with Crippen molar-refractivity contribution in [1.82, 2.24) is 9.97 Å². The first-order valence-electron chi connectivity index (χ1n) is 10.3. The van der Waals surface area contributed by atoms with Gasteiger partial charge >= 0.3 is 5.97 Å². The van der Waals surface area contributed by atoms with Gasteiger partial charge in [-0.1, -0.05) is 52.4 Å². The molecule has 2 aromatic rings. The molecule has 0 aliphatic heterocycles. The number of unbranched alkanes of at least 4 members (excludes halogenated alkanes) is 6. The van der Waals surface area contributed by atoms with E-state index in [2.05, 4.69) is 23.8 Å². The number of aryl methyl sites for hydroxylation is 1. The largest absolute Gasteiger partial charge is 0.427 e. The summed E-state index contributed by atoms with van der Waals surface area (Å²) in [6.45, 7) is 4.37. The zero-order chi connectivity index (χ0) is 19.3. The van der Waals surface area contributed by atoms with Gasteiger partial charge in [-0.25, -0.2) is 0 Å². The Morgan fingerprint density at radius 2 is 1.56 bits per heavy atom. The van der Waals surface area contributed by atoms with E-state index in [1.54, 1.807) is 0 Å². The molecule has 0 amide bonds. The van der Waals surface area contributed by atoms with Gasteiger partial charge in [0.2, 0.25) is 0 Å². The minimum absolute atomic E-state index is 0.161. The van der Waals surface area contributed by atoms with Crippen LogP contribution in [-0.4, -0.2) is 15.9 Å². The summed E-state index contributed by atoms with van der Waals surface area (Å²) in [6.07, 6.45) is 14.4. The lowest BCUT2D eigenvalue weighted by Gasteiger charge is -2.06. The predicted octanol–water partition coefficient (Wildman–Crippen LogP) is 6.14. The molecule has 2 rings (SSSR count). The quantitative estimate of drug-likeness (QED) is 0.256. The maximum atomic E-state index is 11.9. The van der Waals surface area contributed by atoms with E-state index >= 15 is 0 Å². The number of nitrogens with zero attached hydrogens (tertiary/aromatic N) is 2. The van der Waals surface area contributed by atoms with Crippen molar-refractivity contribution in [3.63, 3.8) is 0 Å². The second kappa shape index (κ2) is 12.2. The third kappa shape index (κ3) is 7.90. The van der Waals surface area contributed by atoms with Crippen LogP contribution in [0.3, 0.4) is 0 Å². The zero-order valence-corrected chi connectivity index (χ0v) is 16.7. The van der Waals surface area contributed by atoms with Gasteiger partial charge in [-0.3, -0.25) is 14.8 Å². The summed E-state index contributed by atoms with van der Waals surface area (Å²) in [6, 6.07) is 7.48. The molecule has 0 N–H and O–H groups in total. The van der Waals surface area contributed by atoms with E-state index in [1.807, 2.05) is 36.7 Å². The zero-order valence-electron chi connectivity index (χ0n) is 16.7. The Morgan fingerprint density at radius 1 is 0.852 bits per heavy atom. The van der Waals surface area contributed by atoms with Crippen molar-refractivity contribution in [1.29, 1.82) is 0 Å². The van der Waals surface area contributed by atoms with Gasteiger partial charge in [-0.2, -0.15) is 0 Å². The topological polar surface area (TPSA) is 52.1 Å². The summed E-state index contributed by atoms with van der Waals surface area (Å²) >= 11 is 0. The molecule has 0 saturated carbocycles. The van der Waals surface area contributed by atoms with Gasteiger partial charge in [0.15, 0.2) is 0 Å². The highest BCUT2D eigenvalue weighted by molar-refractivity contribution is 5.72. The van der Waals surface area contributed by atoms with Gasteiger partial charge < -0.3 is 4.74 Å². The monoisotopic (exact) mass is 368 g/mol. The van der Waals surface area contributed by atoms with Crippen molar-refractivity contribution in [2.75, 3.05) is 0 Å². The Balaban J connectivity index is 1.82. The van der Waals surface area contributed by atoms with Crippen LogP contribution in [0, 0.1) is 0 Å². The fraction of sp³-hybridized carbons (Fsp3) is 0.522. The Bertz CT molecular complexity index is 666. The number of carbonyl (C=O) groups is 1. The molecule has 4 heteroatoms. The Hall–Kier alpha value is -2.23. The van der Waals surface area contributed by atoms with Gasteiger partial charge in [0.25, 0.3) is 0 Å². The molecule has 0 radical (unpaired) electrons. The lowest BCUT2D eigenvalue weighted by Crippen LogP contribution is -2.07. The SMILES string of the molecule is CCCCCCC(=O)Oc1ccc(-c2cnc(CCCCCC)cn2)cc1. The fourth-order valence-corrected chi connectivity index (χ4v) is 2.94. The second-order valence-corrected chi connectivity index (χ2v) is 7.01. The van der Waals surface area contributed by atoms with E-state index in [0.717, 1.165) is 36.2 Å². The van der Waals surface area contributed by atoms with E-state index in [0.29, 0.717) is 12.2 Å². The van der Waals surface area contributed by atoms with E-state index < -0.39 is 0 Å². The average molecular weight is 369 g/mol. The lowest BCUT2D eigenvalue weighted by atomic mass is 10.1. The van der Waals surface area contributed by atoms with Crippen LogP contribution in [0.15, 0.2) is 36.7 Å². The van der Waals surface area contributed by atoms with E-state index in [1.165, 1.54) is 38.5 Å². The molecule has 4 nitrogen and oxygen atoms in total. The maximum Gasteiger partial charge on any atom is 0.311 e. The standard InChI is InChI=1S/C23H32N2O2/c1-3-5-7-9-11-20-17-25-22(18-24-20)19-13-15-21(16-14-19)27-23(26)12-10-8-6-4-2/h13-18H,3-12H2,1-2H3. The molecular formula is C23H32N2O2. The molecular weight excluding hydrogens is 336 g/mol. The third-order valence-electron chi connectivity index (χ3n) is 4.61. The molecule has 0 fully saturated rings. The Labute approximate surface area is 163 Å². The molecule has 1 heterocycles. The van der Waals surface area contributed by atoms with Crippen molar-refractivity contribution in [3.8, 4) is 17.0 Å². The minimum Gasteiger partial charge on any atom is -0.427 e. The number of hydrogen-bond donors (Lipinski definition) is 0. The highest BCUT2D eigenvalue weighted by Crippen LogP contribution is 2.21. The van der Waals surface area contributed by atoms with Gasteiger partial charge in [0.05, 0.1) is 17.6 Å². The van der Waals surface area contributed by atoms with Crippen LogP contribution in [0.4, 0.5) is 0 Å². The molecule has 0 aliphatic carbocycles. The average Bonchev–Trinajstić information content (AvgIpc) is 2.70. The van der Waals surface area contributed by atoms with Crippen molar-refractivity contribution >= 4 is 5.97 Å². The number of ether oxygens (including phenoxy) is 1. The van der Waals surface area contributed by atoms with Gasteiger partial charge in [0, 0.05) is 18.2 Å². The number of rotatable bonds is 12. The van der Waals surface area contributed by atoms with Gasteiger partial charge in [-0.15, -0.1) is 0 Å². The first-order valence-corrected chi connectivity index (χ1v) is 10.3.